The Balaban J connectivity index is 0.000000301. The van der Waals surface area contributed by atoms with Crippen LogP contribution >= 0.6 is 0 Å². The quantitative estimate of drug-likeness (QED) is 0.0816. The minimum absolute atomic E-state index is 0. The summed E-state index contributed by atoms with van der Waals surface area (Å²) in [5, 5.41) is 13.7. The summed E-state index contributed by atoms with van der Waals surface area (Å²) in [6.45, 7) is 8.07. The van der Waals surface area contributed by atoms with Gasteiger partial charge in [0.05, 0.1) is 11.3 Å². The number of benzene rings is 3. The second-order valence-corrected chi connectivity index (χ2v) is 13.3. The summed E-state index contributed by atoms with van der Waals surface area (Å²) < 4.78 is 44.5. The number of ketones is 1. The Kier molecular flexibility index (Phi) is 13.9. The average molecular weight is 863 g/mol. The average Bonchev–Trinajstić information content (AvgIpc) is 3.76. The van der Waals surface area contributed by atoms with E-state index in [0.717, 1.165) is 82.5 Å². The van der Waals surface area contributed by atoms with Crippen molar-refractivity contribution in [3.63, 3.8) is 0 Å². The number of fused-ring (bicyclic) bond motifs is 4. The third-order valence-electron chi connectivity index (χ3n) is 10.1. The maximum atomic E-state index is 12.7. The van der Waals surface area contributed by atoms with E-state index in [4.69, 9.17) is 9.40 Å². The predicted molar refractivity (Wildman–Crippen MR) is 193 cm³/mol. The molecular weight excluding hydrogens is 816 g/mol. The smallest absolute Gasteiger partial charge is 0.389 e. The Morgan fingerprint density at radius 2 is 1.62 bits per heavy atom. The number of alkyl halides is 3. The van der Waals surface area contributed by atoms with Crippen molar-refractivity contribution in [1.82, 2.24) is 4.98 Å². The second-order valence-electron chi connectivity index (χ2n) is 13.3. The van der Waals surface area contributed by atoms with Crippen LogP contribution in [0.25, 0.3) is 44.0 Å². The van der Waals surface area contributed by atoms with E-state index in [1.54, 1.807) is 12.3 Å². The van der Waals surface area contributed by atoms with Crippen LogP contribution < -0.4 is 0 Å². The van der Waals surface area contributed by atoms with Gasteiger partial charge in [-0.1, -0.05) is 87.9 Å². The molecule has 4 nitrogen and oxygen atoms in total. The summed E-state index contributed by atoms with van der Waals surface area (Å²) >= 11 is 0. The monoisotopic (exact) mass is 863 g/mol. The fourth-order valence-corrected chi connectivity index (χ4v) is 7.06. The van der Waals surface area contributed by atoms with Crippen molar-refractivity contribution in [2.24, 2.45) is 11.8 Å². The Hall–Kier alpha value is -3.48. The van der Waals surface area contributed by atoms with Crippen molar-refractivity contribution in [2.75, 3.05) is 0 Å². The Bertz CT molecular complexity index is 1910. The maximum absolute atomic E-state index is 12.7. The molecule has 2 heterocycles. The van der Waals surface area contributed by atoms with Crippen LogP contribution in [0.4, 0.5) is 13.2 Å². The number of carbonyl (C=O) groups is 1. The maximum Gasteiger partial charge on any atom is 0.389 e. The van der Waals surface area contributed by atoms with Crippen molar-refractivity contribution >= 4 is 38.5 Å². The number of aryl methyl sites for hydroxylation is 1. The van der Waals surface area contributed by atoms with E-state index in [-0.39, 0.29) is 49.9 Å². The number of nitrogens with zero attached hydrogens (tertiary/aromatic N) is 1. The molecule has 1 radical (unpaired) electrons. The van der Waals surface area contributed by atoms with Crippen molar-refractivity contribution < 1.29 is 47.6 Å². The molecule has 1 saturated carbocycles. The molecule has 269 valence electrons. The van der Waals surface area contributed by atoms with Crippen molar-refractivity contribution in [2.45, 2.75) is 104 Å². The first-order chi connectivity index (χ1) is 23.6. The van der Waals surface area contributed by atoms with E-state index in [2.05, 4.69) is 18.2 Å². The molecule has 0 amide bonds. The number of para-hydroxylation sites is 1. The van der Waals surface area contributed by atoms with Gasteiger partial charge in [-0.25, -0.2) is 0 Å². The number of rotatable bonds is 11. The van der Waals surface area contributed by atoms with E-state index in [1.165, 1.54) is 24.5 Å². The van der Waals surface area contributed by atoms with Gasteiger partial charge in [-0.3, -0.25) is 4.79 Å². The molecule has 1 aliphatic rings. The Morgan fingerprint density at radius 3 is 2.28 bits per heavy atom. The van der Waals surface area contributed by atoms with Crippen LogP contribution in [0.1, 0.15) is 103 Å². The van der Waals surface area contributed by atoms with Crippen LogP contribution in [0.2, 0.25) is 0 Å². The van der Waals surface area contributed by atoms with Gasteiger partial charge >= 0.3 is 6.18 Å². The summed E-state index contributed by atoms with van der Waals surface area (Å²) in [7, 11) is 0. The van der Waals surface area contributed by atoms with Gasteiger partial charge in [-0.2, -0.15) is 13.2 Å². The third kappa shape index (κ3) is 9.24. The van der Waals surface area contributed by atoms with Gasteiger partial charge in [-0.05, 0) is 85.0 Å². The SMILES string of the molecule is CCC(CC)C(=O)/C=C(\O)C(CC)CC.FC(F)(F)CCc1ccc2c(-c3[c-]c(C4CCCC4)cc4c3oc3ccccc34)nccc2c1.[Ir]. The molecular formula is C42H47F3IrNO3-. The Morgan fingerprint density at radius 1 is 0.940 bits per heavy atom. The molecule has 1 N–H and O–H groups in total. The van der Waals surface area contributed by atoms with E-state index >= 15 is 0 Å². The number of halogens is 3. The summed E-state index contributed by atoms with van der Waals surface area (Å²) in [6, 6.07) is 21.2. The second kappa shape index (κ2) is 17.6. The number of aliphatic hydroxyl groups excluding tert-OH is 1. The molecule has 1 aliphatic carbocycles. The first-order valence-corrected chi connectivity index (χ1v) is 17.8. The normalized spacial score (nSPS) is 14.1. The fraction of sp³-hybridized carbons (Fsp3) is 0.429. The van der Waals surface area contributed by atoms with Crippen molar-refractivity contribution in [1.29, 1.82) is 0 Å². The zero-order valence-corrected chi connectivity index (χ0v) is 31.7. The summed E-state index contributed by atoms with van der Waals surface area (Å²) in [4.78, 5) is 16.4. The molecule has 0 saturated heterocycles. The molecule has 0 atom stereocenters. The van der Waals surface area contributed by atoms with Gasteiger partial charge in [0.1, 0.15) is 5.58 Å². The first kappa shape index (κ1) is 39.3. The van der Waals surface area contributed by atoms with E-state index in [0.29, 0.717) is 11.5 Å². The van der Waals surface area contributed by atoms with Crippen LogP contribution in [0, 0.1) is 17.9 Å². The minimum Gasteiger partial charge on any atom is -0.512 e. The molecule has 0 bridgehead atoms. The van der Waals surface area contributed by atoms with Crippen LogP contribution in [0.5, 0.6) is 0 Å². The number of aromatic nitrogens is 1. The summed E-state index contributed by atoms with van der Waals surface area (Å²) in [5.41, 5.74) is 5.01. The van der Waals surface area contributed by atoms with E-state index < -0.39 is 12.6 Å². The topological polar surface area (TPSA) is 63.3 Å². The van der Waals surface area contributed by atoms with Crippen LogP contribution in [0.15, 0.2) is 77.0 Å². The molecule has 6 rings (SSSR count). The predicted octanol–water partition coefficient (Wildman–Crippen LogP) is 12.6. The summed E-state index contributed by atoms with van der Waals surface area (Å²) in [6.07, 6.45) is 6.36. The van der Waals surface area contributed by atoms with Crippen molar-refractivity contribution in [3.05, 3.63) is 89.8 Å². The number of allylic oxidation sites excluding steroid dienone is 2. The zero-order chi connectivity index (χ0) is 35.1. The molecule has 0 aliphatic heterocycles. The molecule has 0 spiro atoms. The Labute approximate surface area is 306 Å². The zero-order valence-electron chi connectivity index (χ0n) is 29.3. The largest absolute Gasteiger partial charge is 0.512 e. The van der Waals surface area contributed by atoms with Crippen LogP contribution in [0.3, 0.4) is 0 Å². The van der Waals surface area contributed by atoms with Crippen molar-refractivity contribution in [3.8, 4) is 11.3 Å². The minimum atomic E-state index is -4.17. The van der Waals surface area contributed by atoms with Gasteiger partial charge < -0.3 is 14.5 Å². The third-order valence-corrected chi connectivity index (χ3v) is 10.1. The molecule has 1 fully saturated rings. The number of carbonyl (C=O) groups excluding carboxylic acids is 1. The van der Waals surface area contributed by atoms with Gasteiger partial charge in [0.15, 0.2) is 5.78 Å². The van der Waals surface area contributed by atoms with Crippen LogP contribution in [-0.2, 0) is 31.3 Å². The van der Waals surface area contributed by atoms with Crippen LogP contribution in [-0.4, -0.2) is 22.1 Å². The number of hydrogen-bond donors (Lipinski definition) is 1. The molecule has 3 aromatic carbocycles. The molecule has 8 heteroatoms. The fourth-order valence-electron chi connectivity index (χ4n) is 7.06. The number of furan rings is 1. The van der Waals surface area contributed by atoms with E-state index in [9.17, 15) is 23.1 Å². The van der Waals surface area contributed by atoms with Gasteiger partial charge in [0.2, 0.25) is 0 Å². The van der Waals surface area contributed by atoms with Gasteiger partial charge in [0.25, 0.3) is 0 Å². The van der Waals surface area contributed by atoms with Gasteiger partial charge in [0, 0.05) is 56.0 Å². The summed E-state index contributed by atoms with van der Waals surface area (Å²) in [5.74, 6) is 1.02. The van der Waals surface area contributed by atoms with E-state index in [1.807, 2.05) is 64.1 Å². The number of hydrogen-bond acceptors (Lipinski definition) is 4. The number of aliphatic hydroxyl groups is 1. The number of pyridine rings is 1. The molecule has 50 heavy (non-hydrogen) atoms. The standard InChI is InChI=1S/C29H23F3NO.C13H24O2.Ir/c30-29(31,32)13-11-18-9-10-22-20(15-18)12-14-33-27(22)25-17-21(19-5-1-2-6-19)16-24-23-7-3-4-8-26(23)34-28(24)25;1-5-10(6-2)12(14)9-13(15)11(7-3)8-4;/h3-4,7-10,12,14-16,19H,1-2,5-6,11,13H2;9-11,14H,5-8H2,1-4H3;/q-1;;/b;12-9-;. The molecule has 5 aromatic rings. The first-order valence-electron chi connectivity index (χ1n) is 17.8. The molecule has 0 unspecified atom stereocenters. The molecule has 2 aromatic heterocycles. The van der Waals surface area contributed by atoms with Gasteiger partial charge in [-0.15, -0.1) is 17.7 Å².